The van der Waals surface area contributed by atoms with E-state index in [2.05, 4.69) is 26.3 Å². The van der Waals surface area contributed by atoms with E-state index in [-0.39, 0.29) is 5.69 Å². The highest BCUT2D eigenvalue weighted by molar-refractivity contribution is 9.10. The van der Waals surface area contributed by atoms with Crippen LogP contribution in [0.1, 0.15) is 17.7 Å². The second-order valence-corrected chi connectivity index (χ2v) is 4.48. The van der Waals surface area contributed by atoms with Gasteiger partial charge in [0.05, 0.1) is 11.2 Å². The zero-order chi connectivity index (χ0) is 12.6. The number of fused-ring (bicyclic) bond motifs is 1. The Hall–Kier alpha value is -1.27. The quantitative estimate of drug-likeness (QED) is 0.659. The highest BCUT2D eigenvalue weighted by atomic mass is 79.9. The first-order valence-electron chi connectivity index (χ1n) is 4.89. The summed E-state index contributed by atoms with van der Waals surface area (Å²) in [5.41, 5.74) is 4.00. The lowest BCUT2D eigenvalue weighted by Crippen LogP contribution is -2.09. The maximum Gasteiger partial charge on any atom is 0.280 e. The Labute approximate surface area is 105 Å². The van der Waals surface area contributed by atoms with Crippen molar-refractivity contribution in [2.75, 3.05) is 5.43 Å². The van der Waals surface area contributed by atoms with E-state index in [1.54, 1.807) is 6.07 Å². The van der Waals surface area contributed by atoms with E-state index in [0.717, 1.165) is 10.9 Å². The lowest BCUT2D eigenvalue weighted by Gasteiger charge is -2.11. The number of alkyl halides is 2. The summed E-state index contributed by atoms with van der Waals surface area (Å²) in [6.07, 6.45) is -2.63. The Bertz CT molecular complexity index is 572. The van der Waals surface area contributed by atoms with Crippen LogP contribution in [-0.4, -0.2) is 4.98 Å². The molecule has 2 rings (SSSR count). The SMILES string of the molecule is Cc1ccc(Br)c2nc(C(F)F)cc(NN)c12. The van der Waals surface area contributed by atoms with Gasteiger partial charge in [0.25, 0.3) is 6.43 Å². The molecule has 3 N–H and O–H groups in total. The van der Waals surface area contributed by atoms with Gasteiger partial charge in [0.2, 0.25) is 0 Å². The summed E-state index contributed by atoms with van der Waals surface area (Å²) >= 11 is 3.30. The molecular weight excluding hydrogens is 292 g/mol. The molecule has 6 heteroatoms. The molecule has 0 bridgehead atoms. The number of aromatic nitrogens is 1. The van der Waals surface area contributed by atoms with Gasteiger partial charge < -0.3 is 5.43 Å². The van der Waals surface area contributed by atoms with Crippen LogP contribution in [0.4, 0.5) is 14.5 Å². The fourth-order valence-electron chi connectivity index (χ4n) is 1.72. The highest BCUT2D eigenvalue weighted by Gasteiger charge is 2.15. The van der Waals surface area contributed by atoms with Crippen molar-refractivity contribution < 1.29 is 8.78 Å². The summed E-state index contributed by atoms with van der Waals surface area (Å²) in [6.45, 7) is 1.87. The van der Waals surface area contributed by atoms with Gasteiger partial charge in [0, 0.05) is 9.86 Å². The largest absolute Gasteiger partial charge is 0.323 e. The van der Waals surface area contributed by atoms with Crippen LogP contribution in [0, 0.1) is 6.92 Å². The molecule has 1 heterocycles. The summed E-state index contributed by atoms with van der Waals surface area (Å²) in [6, 6.07) is 4.92. The second-order valence-electron chi connectivity index (χ2n) is 3.63. The van der Waals surface area contributed by atoms with E-state index < -0.39 is 6.43 Å². The molecule has 0 aliphatic carbocycles. The maximum atomic E-state index is 12.7. The third-order valence-corrected chi connectivity index (χ3v) is 3.16. The van der Waals surface area contributed by atoms with Crippen LogP contribution in [0.3, 0.4) is 0 Å². The fraction of sp³-hybridized carbons (Fsp3) is 0.182. The van der Waals surface area contributed by atoms with Crippen molar-refractivity contribution in [3.63, 3.8) is 0 Å². The van der Waals surface area contributed by atoms with E-state index in [1.165, 1.54) is 6.07 Å². The molecular formula is C11H10BrF2N3. The van der Waals surface area contributed by atoms with Crippen LogP contribution >= 0.6 is 15.9 Å². The number of nitrogens with one attached hydrogen (secondary N) is 1. The molecule has 17 heavy (non-hydrogen) atoms. The van der Waals surface area contributed by atoms with Crippen molar-refractivity contribution in [1.82, 2.24) is 4.98 Å². The number of nitrogens with zero attached hydrogens (tertiary/aromatic N) is 1. The van der Waals surface area contributed by atoms with E-state index in [4.69, 9.17) is 5.84 Å². The molecule has 0 amide bonds. The van der Waals surface area contributed by atoms with E-state index >= 15 is 0 Å². The monoisotopic (exact) mass is 301 g/mol. The van der Waals surface area contributed by atoms with Crippen molar-refractivity contribution in [2.24, 2.45) is 5.84 Å². The van der Waals surface area contributed by atoms with E-state index in [1.807, 2.05) is 13.0 Å². The second kappa shape index (κ2) is 4.54. The number of hydrogen-bond donors (Lipinski definition) is 2. The molecule has 0 spiro atoms. The standard InChI is InChI=1S/C11H10BrF2N3/c1-5-2-3-6(12)10-9(5)7(17-15)4-8(16-10)11(13)14/h2-4,11H,15H2,1H3,(H,16,17). The highest BCUT2D eigenvalue weighted by Crippen LogP contribution is 2.33. The number of aryl methyl sites for hydroxylation is 1. The molecule has 3 nitrogen and oxygen atoms in total. The van der Waals surface area contributed by atoms with Gasteiger partial charge in [0.15, 0.2) is 0 Å². The average Bonchev–Trinajstić information content (AvgIpc) is 2.32. The molecule has 90 valence electrons. The number of hydrazine groups is 1. The Morgan fingerprint density at radius 3 is 2.71 bits per heavy atom. The van der Waals surface area contributed by atoms with E-state index in [9.17, 15) is 8.78 Å². The Morgan fingerprint density at radius 2 is 2.12 bits per heavy atom. The lowest BCUT2D eigenvalue weighted by atomic mass is 10.1. The van der Waals surface area contributed by atoms with Crippen molar-refractivity contribution in [2.45, 2.75) is 13.3 Å². The minimum atomic E-state index is -2.63. The molecule has 0 fully saturated rings. The first kappa shape index (κ1) is 12.2. The van der Waals surface area contributed by atoms with Gasteiger partial charge in [-0.05, 0) is 40.5 Å². The number of nitrogen functional groups attached to an aromatic ring is 1. The minimum absolute atomic E-state index is 0.295. The van der Waals surface area contributed by atoms with Crippen molar-refractivity contribution in [3.8, 4) is 0 Å². The number of pyridine rings is 1. The molecule has 0 atom stereocenters. The minimum Gasteiger partial charge on any atom is -0.323 e. The molecule has 0 saturated heterocycles. The molecule has 2 aromatic rings. The third kappa shape index (κ3) is 2.10. The normalized spacial score (nSPS) is 11.2. The molecule has 0 aliphatic rings. The topological polar surface area (TPSA) is 50.9 Å². The molecule has 1 aromatic carbocycles. The van der Waals surface area contributed by atoms with Gasteiger partial charge in [0.1, 0.15) is 5.69 Å². The smallest absolute Gasteiger partial charge is 0.280 e. The molecule has 0 unspecified atom stereocenters. The molecule has 0 saturated carbocycles. The fourth-order valence-corrected chi connectivity index (χ4v) is 2.14. The van der Waals surface area contributed by atoms with Gasteiger partial charge in [-0.3, -0.25) is 5.84 Å². The summed E-state index contributed by atoms with van der Waals surface area (Å²) in [7, 11) is 0. The average molecular weight is 302 g/mol. The summed E-state index contributed by atoms with van der Waals surface area (Å²) < 4.78 is 26.1. The molecule has 0 aliphatic heterocycles. The number of hydrogen-bond acceptors (Lipinski definition) is 3. The summed E-state index contributed by atoms with van der Waals surface area (Å²) in [4.78, 5) is 3.95. The Kier molecular flexibility index (Phi) is 3.26. The van der Waals surface area contributed by atoms with Crippen molar-refractivity contribution in [1.29, 1.82) is 0 Å². The van der Waals surface area contributed by atoms with Gasteiger partial charge in [-0.25, -0.2) is 13.8 Å². The van der Waals surface area contributed by atoms with Gasteiger partial charge in [-0.1, -0.05) is 6.07 Å². The Morgan fingerprint density at radius 1 is 1.41 bits per heavy atom. The van der Waals surface area contributed by atoms with Gasteiger partial charge in [-0.15, -0.1) is 0 Å². The van der Waals surface area contributed by atoms with Crippen LogP contribution in [0.25, 0.3) is 10.9 Å². The van der Waals surface area contributed by atoms with Crippen LogP contribution in [0.5, 0.6) is 0 Å². The predicted octanol–water partition coefficient (Wildman–Crippen LogP) is 3.53. The van der Waals surface area contributed by atoms with Crippen LogP contribution in [0.2, 0.25) is 0 Å². The van der Waals surface area contributed by atoms with Crippen molar-refractivity contribution in [3.05, 3.63) is 33.9 Å². The zero-order valence-electron chi connectivity index (χ0n) is 8.97. The lowest BCUT2D eigenvalue weighted by molar-refractivity contribution is 0.146. The number of nitrogens with two attached hydrogens (primary N) is 1. The number of rotatable bonds is 2. The first-order chi connectivity index (χ1) is 8.04. The van der Waals surface area contributed by atoms with Crippen molar-refractivity contribution >= 4 is 32.5 Å². The first-order valence-corrected chi connectivity index (χ1v) is 5.68. The predicted molar refractivity (Wildman–Crippen MR) is 66.9 cm³/mol. The van der Waals surface area contributed by atoms with Crippen LogP contribution < -0.4 is 11.3 Å². The number of benzene rings is 1. The summed E-state index contributed by atoms with van der Waals surface area (Å²) in [5.74, 6) is 5.37. The maximum absolute atomic E-state index is 12.7. The summed E-state index contributed by atoms with van der Waals surface area (Å²) in [5, 5.41) is 0.742. The molecule has 0 radical (unpaired) electrons. The number of halogens is 3. The third-order valence-electron chi connectivity index (χ3n) is 2.52. The van der Waals surface area contributed by atoms with Crippen LogP contribution in [0.15, 0.2) is 22.7 Å². The van der Waals surface area contributed by atoms with Gasteiger partial charge >= 0.3 is 0 Å². The number of anilines is 1. The van der Waals surface area contributed by atoms with Gasteiger partial charge in [-0.2, -0.15) is 0 Å². The van der Waals surface area contributed by atoms with Crippen LogP contribution in [-0.2, 0) is 0 Å². The zero-order valence-corrected chi connectivity index (χ0v) is 10.6. The van der Waals surface area contributed by atoms with E-state index in [0.29, 0.717) is 15.7 Å². The Balaban J connectivity index is 2.87. The molecule has 1 aromatic heterocycles.